The number of aromatic nitrogens is 2. The standard InChI is InChI=1S/C16H23N3/c1-13-5-4-6-15(11-13)8-7-14(2)17-12-16-9-10-18-19(16)3/h4-6,9-11,14,17H,7-8,12H2,1-3H3. The first-order valence-corrected chi connectivity index (χ1v) is 6.91. The molecule has 2 rings (SSSR count). The molecule has 1 N–H and O–H groups in total. The van der Waals surface area contributed by atoms with E-state index in [1.165, 1.54) is 16.8 Å². The smallest absolute Gasteiger partial charge is 0.0518 e. The topological polar surface area (TPSA) is 29.9 Å². The van der Waals surface area contributed by atoms with Crippen LogP contribution < -0.4 is 5.32 Å². The van der Waals surface area contributed by atoms with Crippen LogP contribution in [0.2, 0.25) is 0 Å². The minimum Gasteiger partial charge on any atom is -0.309 e. The second-order valence-corrected chi connectivity index (χ2v) is 5.26. The fourth-order valence-corrected chi connectivity index (χ4v) is 2.21. The van der Waals surface area contributed by atoms with Gasteiger partial charge in [0.05, 0.1) is 5.69 Å². The van der Waals surface area contributed by atoms with Gasteiger partial charge in [0.15, 0.2) is 0 Å². The summed E-state index contributed by atoms with van der Waals surface area (Å²) in [6, 6.07) is 11.3. The Bertz CT molecular complexity index is 516. The molecule has 19 heavy (non-hydrogen) atoms. The lowest BCUT2D eigenvalue weighted by molar-refractivity contribution is 0.499. The van der Waals surface area contributed by atoms with Gasteiger partial charge in [-0.05, 0) is 38.3 Å². The quantitative estimate of drug-likeness (QED) is 0.862. The van der Waals surface area contributed by atoms with E-state index in [-0.39, 0.29) is 0 Å². The van der Waals surface area contributed by atoms with Gasteiger partial charge in [-0.25, -0.2) is 0 Å². The summed E-state index contributed by atoms with van der Waals surface area (Å²) in [6.07, 6.45) is 4.12. The number of rotatable bonds is 6. The van der Waals surface area contributed by atoms with Crippen LogP contribution >= 0.6 is 0 Å². The maximum absolute atomic E-state index is 4.17. The van der Waals surface area contributed by atoms with Crippen molar-refractivity contribution >= 4 is 0 Å². The third-order valence-corrected chi connectivity index (χ3v) is 3.50. The second-order valence-electron chi connectivity index (χ2n) is 5.26. The van der Waals surface area contributed by atoms with Crippen molar-refractivity contribution in [2.75, 3.05) is 0 Å². The molecule has 0 aliphatic heterocycles. The molecule has 3 nitrogen and oxygen atoms in total. The molecule has 0 saturated heterocycles. The molecule has 1 aromatic carbocycles. The fraction of sp³-hybridized carbons (Fsp3) is 0.438. The first kappa shape index (κ1) is 13.8. The Morgan fingerprint density at radius 3 is 2.84 bits per heavy atom. The first-order valence-electron chi connectivity index (χ1n) is 6.91. The summed E-state index contributed by atoms with van der Waals surface area (Å²) in [5.41, 5.74) is 3.99. The molecule has 0 spiro atoms. The zero-order chi connectivity index (χ0) is 13.7. The average molecular weight is 257 g/mol. The lowest BCUT2D eigenvalue weighted by Gasteiger charge is -2.14. The van der Waals surface area contributed by atoms with Crippen LogP contribution in [-0.2, 0) is 20.0 Å². The van der Waals surface area contributed by atoms with Crippen molar-refractivity contribution in [3.8, 4) is 0 Å². The molecule has 102 valence electrons. The zero-order valence-corrected chi connectivity index (χ0v) is 12.1. The molecule has 1 aromatic heterocycles. The van der Waals surface area contributed by atoms with Gasteiger partial charge in [-0.1, -0.05) is 29.8 Å². The van der Waals surface area contributed by atoms with E-state index >= 15 is 0 Å². The van der Waals surface area contributed by atoms with Gasteiger partial charge in [0, 0.05) is 25.8 Å². The van der Waals surface area contributed by atoms with Crippen molar-refractivity contribution in [2.24, 2.45) is 7.05 Å². The van der Waals surface area contributed by atoms with Crippen molar-refractivity contribution in [3.63, 3.8) is 0 Å². The summed E-state index contributed by atoms with van der Waals surface area (Å²) in [6.45, 7) is 5.27. The lowest BCUT2D eigenvalue weighted by Crippen LogP contribution is -2.27. The highest BCUT2D eigenvalue weighted by Crippen LogP contribution is 2.08. The van der Waals surface area contributed by atoms with E-state index in [0.29, 0.717) is 6.04 Å². The Labute approximate surface area is 115 Å². The van der Waals surface area contributed by atoms with Crippen molar-refractivity contribution in [1.29, 1.82) is 0 Å². The Balaban J connectivity index is 1.76. The van der Waals surface area contributed by atoms with Crippen molar-refractivity contribution in [2.45, 2.75) is 39.3 Å². The molecule has 0 saturated carbocycles. The maximum atomic E-state index is 4.17. The van der Waals surface area contributed by atoms with E-state index in [1.54, 1.807) is 0 Å². The predicted molar refractivity (Wildman–Crippen MR) is 79.0 cm³/mol. The van der Waals surface area contributed by atoms with Gasteiger partial charge < -0.3 is 5.32 Å². The molecule has 0 aliphatic carbocycles. The van der Waals surface area contributed by atoms with Gasteiger partial charge in [-0.3, -0.25) is 4.68 Å². The third-order valence-electron chi connectivity index (χ3n) is 3.50. The Kier molecular flexibility index (Phi) is 4.74. The van der Waals surface area contributed by atoms with Gasteiger partial charge in [0.25, 0.3) is 0 Å². The molecule has 2 aromatic rings. The molecule has 0 amide bonds. The van der Waals surface area contributed by atoms with Crippen LogP contribution in [0.25, 0.3) is 0 Å². The molecule has 1 atom stereocenters. The Hall–Kier alpha value is -1.61. The van der Waals surface area contributed by atoms with Gasteiger partial charge in [0.1, 0.15) is 0 Å². The number of hydrogen-bond acceptors (Lipinski definition) is 2. The maximum Gasteiger partial charge on any atom is 0.0518 e. The second kappa shape index (κ2) is 6.53. The summed E-state index contributed by atoms with van der Waals surface area (Å²) in [5, 5.41) is 7.72. The molecule has 0 radical (unpaired) electrons. The summed E-state index contributed by atoms with van der Waals surface area (Å²) >= 11 is 0. The summed E-state index contributed by atoms with van der Waals surface area (Å²) in [5.74, 6) is 0. The van der Waals surface area contributed by atoms with E-state index in [1.807, 2.05) is 17.9 Å². The molecule has 0 aliphatic rings. The van der Waals surface area contributed by atoms with Gasteiger partial charge in [-0.15, -0.1) is 0 Å². The van der Waals surface area contributed by atoms with Gasteiger partial charge in [-0.2, -0.15) is 5.10 Å². The third kappa shape index (κ3) is 4.21. The van der Waals surface area contributed by atoms with Crippen LogP contribution in [-0.4, -0.2) is 15.8 Å². The Morgan fingerprint density at radius 2 is 2.16 bits per heavy atom. The number of aryl methyl sites for hydroxylation is 3. The number of benzene rings is 1. The highest BCUT2D eigenvalue weighted by molar-refractivity contribution is 5.22. The van der Waals surface area contributed by atoms with E-state index in [9.17, 15) is 0 Å². The minimum atomic E-state index is 0.510. The van der Waals surface area contributed by atoms with E-state index in [0.717, 1.165) is 19.4 Å². The first-order chi connectivity index (χ1) is 9.15. The molecule has 0 bridgehead atoms. The number of nitrogens with zero attached hydrogens (tertiary/aromatic N) is 2. The fourth-order valence-electron chi connectivity index (χ4n) is 2.21. The molecule has 1 heterocycles. The lowest BCUT2D eigenvalue weighted by atomic mass is 10.0. The van der Waals surface area contributed by atoms with Crippen molar-refractivity contribution in [1.82, 2.24) is 15.1 Å². The minimum absolute atomic E-state index is 0.510. The number of hydrogen-bond donors (Lipinski definition) is 1. The van der Waals surface area contributed by atoms with E-state index < -0.39 is 0 Å². The normalized spacial score (nSPS) is 12.6. The Morgan fingerprint density at radius 1 is 1.32 bits per heavy atom. The monoisotopic (exact) mass is 257 g/mol. The van der Waals surface area contributed by atoms with Crippen LogP contribution in [0.5, 0.6) is 0 Å². The molecule has 0 fully saturated rings. The highest BCUT2D eigenvalue weighted by atomic mass is 15.3. The van der Waals surface area contributed by atoms with Crippen LogP contribution in [0, 0.1) is 6.92 Å². The van der Waals surface area contributed by atoms with Crippen LogP contribution in [0.15, 0.2) is 36.5 Å². The molecular weight excluding hydrogens is 234 g/mol. The predicted octanol–water partition coefficient (Wildman–Crippen LogP) is 2.84. The molecule has 3 heteroatoms. The van der Waals surface area contributed by atoms with E-state index in [2.05, 4.69) is 54.6 Å². The summed E-state index contributed by atoms with van der Waals surface area (Å²) in [4.78, 5) is 0. The van der Waals surface area contributed by atoms with E-state index in [4.69, 9.17) is 0 Å². The average Bonchev–Trinajstić information content (AvgIpc) is 2.80. The largest absolute Gasteiger partial charge is 0.309 e. The van der Waals surface area contributed by atoms with Crippen molar-refractivity contribution < 1.29 is 0 Å². The van der Waals surface area contributed by atoms with Crippen LogP contribution in [0.1, 0.15) is 30.2 Å². The zero-order valence-electron chi connectivity index (χ0n) is 12.1. The SMILES string of the molecule is Cc1cccc(CCC(C)NCc2ccnn2C)c1. The van der Waals surface area contributed by atoms with Crippen molar-refractivity contribution in [3.05, 3.63) is 53.3 Å². The molecule has 1 unspecified atom stereocenters. The van der Waals surface area contributed by atoms with Crippen LogP contribution in [0.4, 0.5) is 0 Å². The number of nitrogens with one attached hydrogen (secondary N) is 1. The summed E-state index contributed by atoms with van der Waals surface area (Å²) < 4.78 is 1.92. The van der Waals surface area contributed by atoms with Crippen LogP contribution in [0.3, 0.4) is 0 Å². The van der Waals surface area contributed by atoms with Gasteiger partial charge in [0.2, 0.25) is 0 Å². The highest BCUT2D eigenvalue weighted by Gasteiger charge is 2.04. The summed E-state index contributed by atoms with van der Waals surface area (Å²) in [7, 11) is 1.98. The molecular formula is C16H23N3. The van der Waals surface area contributed by atoms with Gasteiger partial charge >= 0.3 is 0 Å².